The van der Waals surface area contributed by atoms with Crippen LogP contribution in [0.4, 0.5) is 0 Å². The highest BCUT2D eigenvalue weighted by Crippen LogP contribution is 2.19. The van der Waals surface area contributed by atoms with Gasteiger partial charge in [0.15, 0.2) is 0 Å². The average Bonchev–Trinajstić information content (AvgIpc) is 3.03. The maximum absolute atomic E-state index is 12.2. The van der Waals surface area contributed by atoms with Crippen LogP contribution in [0.25, 0.3) is 0 Å². The van der Waals surface area contributed by atoms with Gasteiger partial charge < -0.3 is 5.32 Å². The standard InChI is InChI=1S/C11H20N4O2S/c1-8-11(9(2)15(3)14-8)18(16,17)13-7-6-12-10-4-5-10/h10,12-13H,4-7H2,1-3H3. The quantitative estimate of drug-likeness (QED) is 0.718. The van der Waals surface area contributed by atoms with Crippen LogP contribution >= 0.6 is 0 Å². The van der Waals surface area contributed by atoms with Gasteiger partial charge in [-0.05, 0) is 26.7 Å². The summed E-state index contributed by atoms with van der Waals surface area (Å²) in [6.07, 6.45) is 2.40. The van der Waals surface area contributed by atoms with Crippen LogP contribution < -0.4 is 10.0 Å². The second kappa shape index (κ2) is 4.99. The Kier molecular flexibility index (Phi) is 3.74. The van der Waals surface area contributed by atoms with Crippen LogP contribution in [0.15, 0.2) is 4.90 Å². The van der Waals surface area contributed by atoms with Crippen LogP contribution in [0, 0.1) is 13.8 Å². The fraction of sp³-hybridized carbons (Fsp3) is 0.727. The number of hydrogen-bond donors (Lipinski definition) is 2. The normalized spacial score (nSPS) is 16.2. The van der Waals surface area contributed by atoms with E-state index in [0.29, 0.717) is 35.4 Å². The molecule has 1 aliphatic carbocycles. The highest BCUT2D eigenvalue weighted by Gasteiger charge is 2.24. The molecule has 0 radical (unpaired) electrons. The largest absolute Gasteiger partial charge is 0.313 e. The Hall–Kier alpha value is -0.920. The Morgan fingerprint density at radius 3 is 2.50 bits per heavy atom. The Balaban J connectivity index is 2.00. The first kappa shape index (κ1) is 13.5. The molecule has 2 rings (SSSR count). The summed E-state index contributed by atoms with van der Waals surface area (Å²) in [7, 11) is -1.71. The summed E-state index contributed by atoms with van der Waals surface area (Å²) in [6, 6.07) is 0.594. The molecule has 0 saturated heterocycles. The molecule has 0 spiro atoms. The molecule has 1 heterocycles. The zero-order chi connectivity index (χ0) is 13.3. The van der Waals surface area contributed by atoms with E-state index in [0.717, 1.165) is 0 Å². The highest BCUT2D eigenvalue weighted by atomic mass is 32.2. The molecule has 0 aliphatic heterocycles. The summed E-state index contributed by atoms with van der Waals surface area (Å²) in [5, 5.41) is 7.39. The van der Waals surface area contributed by atoms with E-state index in [1.165, 1.54) is 12.8 Å². The SMILES string of the molecule is Cc1nn(C)c(C)c1S(=O)(=O)NCCNC1CC1. The molecule has 0 aromatic carbocycles. The van der Waals surface area contributed by atoms with Gasteiger partial charge in [-0.2, -0.15) is 5.10 Å². The zero-order valence-corrected chi connectivity index (χ0v) is 11.8. The fourth-order valence-corrected chi connectivity index (χ4v) is 3.43. The summed E-state index contributed by atoms with van der Waals surface area (Å²) >= 11 is 0. The van der Waals surface area contributed by atoms with Gasteiger partial charge in [0, 0.05) is 26.2 Å². The number of hydrogen-bond acceptors (Lipinski definition) is 4. The van der Waals surface area contributed by atoms with Crippen LogP contribution in [0.1, 0.15) is 24.2 Å². The van der Waals surface area contributed by atoms with Crippen molar-refractivity contribution in [1.82, 2.24) is 19.8 Å². The molecule has 7 heteroatoms. The summed E-state index contributed by atoms with van der Waals surface area (Å²) in [6.45, 7) is 4.55. The van der Waals surface area contributed by atoms with Crippen molar-refractivity contribution in [3.63, 3.8) is 0 Å². The lowest BCUT2D eigenvalue weighted by atomic mass is 10.4. The molecule has 0 unspecified atom stereocenters. The van der Waals surface area contributed by atoms with E-state index in [9.17, 15) is 8.42 Å². The van der Waals surface area contributed by atoms with E-state index in [1.54, 1.807) is 25.6 Å². The smallest absolute Gasteiger partial charge is 0.244 e. The topological polar surface area (TPSA) is 76.0 Å². The number of sulfonamides is 1. The second-order valence-corrected chi connectivity index (χ2v) is 6.45. The predicted octanol–water partition coefficient (Wildman–Crippen LogP) is 0.0672. The fourth-order valence-electron chi connectivity index (χ4n) is 1.96. The van der Waals surface area contributed by atoms with Gasteiger partial charge in [-0.15, -0.1) is 0 Å². The lowest BCUT2D eigenvalue weighted by Crippen LogP contribution is -2.33. The van der Waals surface area contributed by atoms with Gasteiger partial charge in [-0.1, -0.05) is 0 Å². The molecule has 0 atom stereocenters. The van der Waals surface area contributed by atoms with Crippen molar-refractivity contribution >= 4 is 10.0 Å². The molecule has 1 aliphatic rings. The van der Waals surface area contributed by atoms with Crippen LogP contribution in [0.5, 0.6) is 0 Å². The van der Waals surface area contributed by atoms with Crippen LogP contribution in [-0.4, -0.2) is 37.3 Å². The van der Waals surface area contributed by atoms with Crippen molar-refractivity contribution in [1.29, 1.82) is 0 Å². The van der Waals surface area contributed by atoms with E-state index in [1.807, 2.05) is 0 Å². The number of rotatable bonds is 6. The summed E-state index contributed by atoms with van der Waals surface area (Å²) in [4.78, 5) is 0.302. The maximum atomic E-state index is 12.2. The van der Waals surface area contributed by atoms with E-state index in [-0.39, 0.29) is 0 Å². The minimum atomic E-state index is -3.45. The highest BCUT2D eigenvalue weighted by molar-refractivity contribution is 7.89. The predicted molar refractivity (Wildman–Crippen MR) is 68.9 cm³/mol. The maximum Gasteiger partial charge on any atom is 0.244 e. The molecule has 102 valence electrons. The van der Waals surface area contributed by atoms with Gasteiger partial charge in [-0.3, -0.25) is 4.68 Å². The van der Waals surface area contributed by atoms with E-state index >= 15 is 0 Å². The molecule has 1 aromatic heterocycles. The van der Waals surface area contributed by atoms with Crippen molar-refractivity contribution in [2.45, 2.75) is 37.6 Å². The van der Waals surface area contributed by atoms with Crippen LogP contribution in [0.2, 0.25) is 0 Å². The minimum absolute atomic E-state index is 0.302. The average molecular weight is 272 g/mol. The molecule has 2 N–H and O–H groups in total. The lowest BCUT2D eigenvalue weighted by molar-refractivity contribution is 0.574. The van der Waals surface area contributed by atoms with Crippen molar-refractivity contribution in [3.05, 3.63) is 11.4 Å². The molecule has 18 heavy (non-hydrogen) atoms. The van der Waals surface area contributed by atoms with Crippen LogP contribution in [-0.2, 0) is 17.1 Å². The number of aromatic nitrogens is 2. The van der Waals surface area contributed by atoms with Gasteiger partial charge in [0.2, 0.25) is 10.0 Å². The third-order valence-electron chi connectivity index (χ3n) is 3.14. The molecule has 0 amide bonds. The van der Waals surface area contributed by atoms with Gasteiger partial charge in [0.1, 0.15) is 4.90 Å². The first-order valence-electron chi connectivity index (χ1n) is 6.15. The molecule has 1 aromatic rings. The number of nitrogens with one attached hydrogen (secondary N) is 2. The summed E-state index contributed by atoms with van der Waals surface area (Å²) in [5.41, 5.74) is 1.20. The Labute approximate surface area is 108 Å². The number of nitrogens with zero attached hydrogens (tertiary/aromatic N) is 2. The Morgan fingerprint density at radius 2 is 2.00 bits per heavy atom. The minimum Gasteiger partial charge on any atom is -0.313 e. The molecular weight excluding hydrogens is 252 g/mol. The Bertz CT molecular complexity index is 531. The first-order chi connectivity index (χ1) is 8.42. The van der Waals surface area contributed by atoms with Gasteiger partial charge in [0.25, 0.3) is 0 Å². The zero-order valence-electron chi connectivity index (χ0n) is 11.0. The van der Waals surface area contributed by atoms with Crippen molar-refractivity contribution in [2.75, 3.05) is 13.1 Å². The lowest BCUT2D eigenvalue weighted by Gasteiger charge is -2.07. The van der Waals surface area contributed by atoms with E-state index in [4.69, 9.17) is 0 Å². The van der Waals surface area contributed by atoms with Gasteiger partial charge >= 0.3 is 0 Å². The van der Waals surface area contributed by atoms with Crippen molar-refractivity contribution < 1.29 is 8.42 Å². The summed E-state index contributed by atoms with van der Waals surface area (Å²) < 4.78 is 28.5. The van der Waals surface area contributed by atoms with Crippen molar-refractivity contribution in [2.24, 2.45) is 7.05 Å². The van der Waals surface area contributed by atoms with E-state index in [2.05, 4.69) is 15.1 Å². The monoisotopic (exact) mass is 272 g/mol. The first-order valence-corrected chi connectivity index (χ1v) is 7.63. The molecule has 1 fully saturated rings. The molecule has 6 nitrogen and oxygen atoms in total. The third kappa shape index (κ3) is 2.90. The molecular formula is C11H20N4O2S. The number of aryl methyl sites for hydroxylation is 2. The summed E-state index contributed by atoms with van der Waals surface area (Å²) in [5.74, 6) is 0. The second-order valence-electron chi connectivity index (χ2n) is 4.75. The van der Waals surface area contributed by atoms with Crippen molar-refractivity contribution in [3.8, 4) is 0 Å². The third-order valence-corrected chi connectivity index (χ3v) is 4.85. The van der Waals surface area contributed by atoms with E-state index < -0.39 is 10.0 Å². The van der Waals surface area contributed by atoms with Crippen LogP contribution in [0.3, 0.4) is 0 Å². The molecule has 0 bridgehead atoms. The van der Waals surface area contributed by atoms with Gasteiger partial charge in [-0.25, -0.2) is 13.1 Å². The molecule has 1 saturated carbocycles. The Morgan fingerprint density at radius 1 is 1.33 bits per heavy atom. The van der Waals surface area contributed by atoms with Gasteiger partial charge in [0.05, 0.1) is 11.4 Å².